The van der Waals surface area contributed by atoms with Crippen LogP contribution in [0.5, 0.6) is 11.5 Å². The van der Waals surface area contributed by atoms with E-state index in [1.165, 1.54) is 6.07 Å². The van der Waals surface area contributed by atoms with E-state index in [1.54, 1.807) is 12.1 Å². The quantitative estimate of drug-likeness (QED) is 0.265. The monoisotopic (exact) mass is 429 g/mol. The van der Waals surface area contributed by atoms with E-state index in [0.717, 1.165) is 33.9 Å². The van der Waals surface area contributed by atoms with Crippen molar-refractivity contribution in [1.82, 2.24) is 9.38 Å². The van der Waals surface area contributed by atoms with Gasteiger partial charge in [-0.15, -0.1) is 0 Å². The molecule has 0 amide bonds. The number of nitrogens with zero attached hydrogens (tertiary/aromatic N) is 3. The lowest BCUT2D eigenvalue weighted by molar-refractivity contribution is -0.385. The Balaban J connectivity index is 1.59. The zero-order valence-corrected chi connectivity index (χ0v) is 17.9. The average molecular weight is 429 g/mol. The molecular formula is C25H23N3O4. The highest BCUT2D eigenvalue weighted by Crippen LogP contribution is 2.30. The third kappa shape index (κ3) is 4.62. The van der Waals surface area contributed by atoms with E-state index in [9.17, 15) is 10.1 Å². The molecule has 32 heavy (non-hydrogen) atoms. The molecule has 0 spiro atoms. The standard InChI is InChI=1S/C25H23N3O4/c1-3-31-21-13-14-27-18(2)22(26-25(27)16-21)11-9-19-10-12-23(28(29)30)24(15-19)32-17-20-7-5-4-6-8-20/h4-16H,3,17H2,1-2H3/b11-9+. The van der Waals surface area contributed by atoms with Crippen molar-refractivity contribution >= 4 is 23.5 Å². The van der Waals surface area contributed by atoms with Crippen LogP contribution in [-0.2, 0) is 6.61 Å². The summed E-state index contributed by atoms with van der Waals surface area (Å²) in [6, 6.07) is 18.2. The Morgan fingerprint density at radius 2 is 1.88 bits per heavy atom. The smallest absolute Gasteiger partial charge is 0.310 e. The number of nitro groups is 1. The van der Waals surface area contributed by atoms with Gasteiger partial charge in [-0.25, -0.2) is 4.98 Å². The van der Waals surface area contributed by atoms with Gasteiger partial charge in [0, 0.05) is 24.0 Å². The fourth-order valence-corrected chi connectivity index (χ4v) is 3.39. The van der Waals surface area contributed by atoms with Gasteiger partial charge in [0.05, 0.1) is 17.2 Å². The van der Waals surface area contributed by atoms with Crippen LogP contribution in [0.1, 0.15) is 29.4 Å². The molecule has 4 aromatic rings. The van der Waals surface area contributed by atoms with E-state index in [4.69, 9.17) is 9.47 Å². The first-order valence-electron chi connectivity index (χ1n) is 10.3. The van der Waals surface area contributed by atoms with Crippen LogP contribution in [0.15, 0.2) is 66.9 Å². The van der Waals surface area contributed by atoms with Crippen molar-refractivity contribution < 1.29 is 14.4 Å². The van der Waals surface area contributed by atoms with Gasteiger partial charge in [0.25, 0.3) is 0 Å². The van der Waals surface area contributed by atoms with E-state index < -0.39 is 4.92 Å². The van der Waals surface area contributed by atoms with Crippen molar-refractivity contribution in [3.8, 4) is 11.5 Å². The predicted octanol–water partition coefficient (Wildman–Crippen LogP) is 5.70. The molecule has 0 aliphatic carbocycles. The van der Waals surface area contributed by atoms with Gasteiger partial charge in [-0.3, -0.25) is 10.1 Å². The van der Waals surface area contributed by atoms with Gasteiger partial charge >= 0.3 is 5.69 Å². The van der Waals surface area contributed by atoms with E-state index in [-0.39, 0.29) is 18.0 Å². The number of imidazole rings is 1. The summed E-state index contributed by atoms with van der Waals surface area (Å²) in [4.78, 5) is 15.7. The molecule has 0 aliphatic heterocycles. The summed E-state index contributed by atoms with van der Waals surface area (Å²) in [5.41, 5.74) is 4.25. The molecule has 0 fully saturated rings. The fourth-order valence-electron chi connectivity index (χ4n) is 3.39. The zero-order chi connectivity index (χ0) is 22.5. The molecule has 7 nitrogen and oxygen atoms in total. The van der Waals surface area contributed by atoms with Crippen LogP contribution in [0.25, 0.3) is 17.8 Å². The number of fused-ring (bicyclic) bond motifs is 1. The molecule has 2 heterocycles. The summed E-state index contributed by atoms with van der Waals surface area (Å²) < 4.78 is 13.3. The Labute approximate surface area is 185 Å². The van der Waals surface area contributed by atoms with Gasteiger partial charge in [-0.1, -0.05) is 36.4 Å². The first-order valence-corrected chi connectivity index (χ1v) is 10.3. The van der Waals surface area contributed by atoms with E-state index in [0.29, 0.717) is 6.61 Å². The zero-order valence-electron chi connectivity index (χ0n) is 17.9. The van der Waals surface area contributed by atoms with Crippen molar-refractivity contribution in [2.45, 2.75) is 20.5 Å². The maximum Gasteiger partial charge on any atom is 0.310 e. The lowest BCUT2D eigenvalue weighted by atomic mass is 10.1. The topological polar surface area (TPSA) is 78.9 Å². The van der Waals surface area contributed by atoms with E-state index >= 15 is 0 Å². The summed E-state index contributed by atoms with van der Waals surface area (Å²) in [6.45, 7) is 4.78. The number of benzene rings is 2. The first-order chi connectivity index (χ1) is 15.5. The molecule has 7 heteroatoms. The predicted molar refractivity (Wildman–Crippen MR) is 124 cm³/mol. The molecule has 0 saturated heterocycles. The van der Waals surface area contributed by atoms with E-state index in [2.05, 4.69) is 4.98 Å². The number of ether oxygens (including phenoxy) is 2. The minimum atomic E-state index is -0.434. The molecule has 2 aromatic carbocycles. The summed E-state index contributed by atoms with van der Waals surface area (Å²) in [5.74, 6) is 1.00. The number of hydrogen-bond donors (Lipinski definition) is 0. The molecule has 0 unspecified atom stereocenters. The van der Waals surface area contributed by atoms with Crippen LogP contribution in [0.4, 0.5) is 5.69 Å². The lowest BCUT2D eigenvalue weighted by Gasteiger charge is -2.08. The van der Waals surface area contributed by atoms with Gasteiger partial charge in [-0.05, 0) is 49.2 Å². The Morgan fingerprint density at radius 3 is 2.62 bits per heavy atom. The minimum absolute atomic E-state index is 0.0644. The Kier molecular flexibility index (Phi) is 6.17. The summed E-state index contributed by atoms with van der Waals surface area (Å²) in [5, 5.41) is 11.4. The lowest BCUT2D eigenvalue weighted by Crippen LogP contribution is -1.99. The molecule has 0 bridgehead atoms. The van der Waals surface area contributed by atoms with Crippen LogP contribution in [0, 0.1) is 17.0 Å². The van der Waals surface area contributed by atoms with Gasteiger partial charge in [-0.2, -0.15) is 0 Å². The Morgan fingerprint density at radius 1 is 1.06 bits per heavy atom. The molecule has 0 saturated carbocycles. The van der Waals surface area contributed by atoms with Crippen molar-refractivity contribution in [1.29, 1.82) is 0 Å². The molecule has 0 atom stereocenters. The van der Waals surface area contributed by atoms with Crippen LogP contribution in [-0.4, -0.2) is 20.9 Å². The van der Waals surface area contributed by atoms with Crippen molar-refractivity contribution in [3.63, 3.8) is 0 Å². The number of aryl methyl sites for hydroxylation is 1. The number of hydrogen-bond acceptors (Lipinski definition) is 5. The maximum absolute atomic E-state index is 11.4. The molecule has 2 aromatic heterocycles. The van der Waals surface area contributed by atoms with Crippen molar-refractivity contribution in [2.24, 2.45) is 0 Å². The average Bonchev–Trinajstić information content (AvgIpc) is 3.12. The van der Waals surface area contributed by atoms with Crippen molar-refractivity contribution in [2.75, 3.05) is 6.61 Å². The third-order valence-corrected chi connectivity index (χ3v) is 5.04. The second-order valence-corrected chi connectivity index (χ2v) is 7.20. The Hall–Kier alpha value is -4.13. The highest BCUT2D eigenvalue weighted by Gasteiger charge is 2.15. The van der Waals surface area contributed by atoms with Gasteiger partial charge in [0.1, 0.15) is 18.0 Å². The highest BCUT2D eigenvalue weighted by molar-refractivity contribution is 5.72. The van der Waals surface area contributed by atoms with Gasteiger partial charge in [0.15, 0.2) is 5.75 Å². The highest BCUT2D eigenvalue weighted by atomic mass is 16.6. The van der Waals surface area contributed by atoms with Gasteiger partial charge in [0.2, 0.25) is 0 Å². The molecule has 4 rings (SSSR count). The van der Waals surface area contributed by atoms with E-state index in [1.807, 2.05) is 79.1 Å². The first kappa shape index (κ1) is 21.1. The summed E-state index contributed by atoms with van der Waals surface area (Å²) in [7, 11) is 0. The molecular weight excluding hydrogens is 406 g/mol. The molecule has 0 radical (unpaired) electrons. The van der Waals surface area contributed by atoms with Crippen LogP contribution >= 0.6 is 0 Å². The molecule has 0 N–H and O–H groups in total. The normalized spacial score (nSPS) is 11.2. The number of rotatable bonds is 8. The van der Waals surface area contributed by atoms with Crippen molar-refractivity contribution in [3.05, 3.63) is 99.5 Å². The summed E-state index contributed by atoms with van der Waals surface area (Å²) in [6.07, 6.45) is 5.70. The van der Waals surface area contributed by atoms with Crippen LogP contribution in [0.3, 0.4) is 0 Å². The number of pyridine rings is 1. The van der Waals surface area contributed by atoms with Crippen LogP contribution in [0.2, 0.25) is 0 Å². The fraction of sp³-hybridized carbons (Fsp3) is 0.160. The number of aromatic nitrogens is 2. The minimum Gasteiger partial charge on any atom is -0.494 e. The SMILES string of the molecule is CCOc1ccn2c(C)c(/C=C/c3ccc([N+](=O)[O-])c(OCc4ccccc4)c3)nc2c1. The molecule has 162 valence electrons. The third-order valence-electron chi connectivity index (χ3n) is 5.04. The summed E-state index contributed by atoms with van der Waals surface area (Å²) >= 11 is 0. The number of nitro benzene ring substituents is 1. The second-order valence-electron chi connectivity index (χ2n) is 7.20. The maximum atomic E-state index is 11.4. The van der Waals surface area contributed by atoms with Crippen LogP contribution < -0.4 is 9.47 Å². The van der Waals surface area contributed by atoms with Gasteiger partial charge < -0.3 is 13.9 Å². The second kappa shape index (κ2) is 9.34. The molecule has 0 aliphatic rings. The largest absolute Gasteiger partial charge is 0.494 e. The Bertz CT molecular complexity index is 1280.